The Morgan fingerprint density at radius 1 is 1.16 bits per heavy atom. The summed E-state index contributed by atoms with van der Waals surface area (Å²) in [5, 5.41) is 3.11. The van der Waals surface area contributed by atoms with Crippen molar-refractivity contribution < 1.29 is 4.74 Å². The van der Waals surface area contributed by atoms with E-state index < -0.39 is 0 Å². The molecular weight excluding hydrogens is 240 g/mol. The molecule has 0 atom stereocenters. The van der Waals surface area contributed by atoms with E-state index in [9.17, 15) is 4.79 Å². The minimum absolute atomic E-state index is 0.00499. The smallest absolute Gasteiger partial charge is 0.250 e. The first-order valence-corrected chi connectivity index (χ1v) is 6.32. The molecular formula is C15H18N2O2. The van der Waals surface area contributed by atoms with Crippen LogP contribution in [0.2, 0.25) is 0 Å². The number of ether oxygens (including phenoxy) is 1. The van der Waals surface area contributed by atoms with Gasteiger partial charge in [0.2, 0.25) is 0 Å². The first kappa shape index (κ1) is 13.4. The van der Waals surface area contributed by atoms with Gasteiger partial charge in [0.05, 0.1) is 6.54 Å². The molecule has 2 aromatic rings. The minimum atomic E-state index is -0.00499. The summed E-state index contributed by atoms with van der Waals surface area (Å²) in [6.07, 6.45) is 1.77. The van der Waals surface area contributed by atoms with Gasteiger partial charge in [-0.15, -0.1) is 0 Å². The summed E-state index contributed by atoms with van der Waals surface area (Å²) >= 11 is 0. The summed E-state index contributed by atoms with van der Waals surface area (Å²) in [5.41, 5.74) is 1.11. The van der Waals surface area contributed by atoms with Crippen LogP contribution >= 0.6 is 0 Å². The Morgan fingerprint density at radius 3 is 2.74 bits per heavy atom. The highest BCUT2D eigenvalue weighted by molar-refractivity contribution is 5.33. The van der Waals surface area contributed by atoms with Crippen molar-refractivity contribution in [2.45, 2.75) is 13.1 Å². The second-order valence-corrected chi connectivity index (χ2v) is 4.22. The van der Waals surface area contributed by atoms with E-state index >= 15 is 0 Å². The molecule has 1 aromatic heterocycles. The fraction of sp³-hybridized carbons (Fsp3) is 0.267. The molecule has 0 saturated heterocycles. The molecule has 0 bridgehead atoms. The lowest BCUT2D eigenvalue weighted by Crippen LogP contribution is -2.21. The van der Waals surface area contributed by atoms with Gasteiger partial charge in [-0.25, -0.2) is 0 Å². The molecule has 1 heterocycles. The average molecular weight is 258 g/mol. The van der Waals surface area contributed by atoms with Gasteiger partial charge in [-0.1, -0.05) is 24.3 Å². The van der Waals surface area contributed by atoms with E-state index in [0.717, 1.165) is 17.9 Å². The van der Waals surface area contributed by atoms with E-state index in [2.05, 4.69) is 5.32 Å². The number of pyridine rings is 1. The topological polar surface area (TPSA) is 43.3 Å². The first-order valence-electron chi connectivity index (χ1n) is 6.32. The van der Waals surface area contributed by atoms with Gasteiger partial charge in [-0.05, 0) is 19.2 Å². The largest absolute Gasteiger partial charge is 0.491 e. The van der Waals surface area contributed by atoms with Crippen LogP contribution in [0, 0.1) is 0 Å². The zero-order chi connectivity index (χ0) is 13.5. The molecule has 0 radical (unpaired) electrons. The third-order valence-corrected chi connectivity index (χ3v) is 2.83. The molecule has 0 saturated carbocycles. The lowest BCUT2D eigenvalue weighted by molar-refractivity contribution is 0.293. The van der Waals surface area contributed by atoms with Crippen molar-refractivity contribution in [3.05, 3.63) is 64.6 Å². The highest BCUT2D eigenvalue weighted by Gasteiger charge is 2.02. The van der Waals surface area contributed by atoms with Crippen LogP contribution in [0.5, 0.6) is 5.75 Å². The Morgan fingerprint density at radius 2 is 1.95 bits per heavy atom. The van der Waals surface area contributed by atoms with Crippen LogP contribution in [0.4, 0.5) is 0 Å². The van der Waals surface area contributed by atoms with Gasteiger partial charge >= 0.3 is 0 Å². The van der Waals surface area contributed by atoms with Gasteiger partial charge in [0.1, 0.15) is 12.4 Å². The molecule has 0 aliphatic carbocycles. The molecule has 4 nitrogen and oxygen atoms in total. The molecule has 0 unspecified atom stereocenters. The van der Waals surface area contributed by atoms with Crippen LogP contribution in [0.25, 0.3) is 0 Å². The Bertz CT molecular complexity index is 578. The summed E-state index contributed by atoms with van der Waals surface area (Å²) in [5.74, 6) is 0.862. The van der Waals surface area contributed by atoms with Crippen molar-refractivity contribution in [1.29, 1.82) is 0 Å². The fourth-order valence-electron chi connectivity index (χ4n) is 1.88. The van der Waals surface area contributed by atoms with E-state index in [-0.39, 0.29) is 5.56 Å². The van der Waals surface area contributed by atoms with E-state index in [1.54, 1.807) is 22.9 Å². The second kappa shape index (κ2) is 6.75. The third-order valence-electron chi connectivity index (χ3n) is 2.83. The second-order valence-electron chi connectivity index (χ2n) is 4.22. The van der Waals surface area contributed by atoms with Gasteiger partial charge in [-0.2, -0.15) is 0 Å². The molecule has 4 heteroatoms. The number of rotatable bonds is 6. The van der Waals surface area contributed by atoms with Gasteiger partial charge in [0, 0.05) is 24.4 Å². The van der Waals surface area contributed by atoms with Gasteiger partial charge < -0.3 is 14.6 Å². The molecule has 0 fully saturated rings. The van der Waals surface area contributed by atoms with Gasteiger partial charge in [0.25, 0.3) is 5.56 Å². The summed E-state index contributed by atoms with van der Waals surface area (Å²) in [4.78, 5) is 11.5. The number of benzene rings is 1. The molecule has 100 valence electrons. The quantitative estimate of drug-likeness (QED) is 0.856. The maximum Gasteiger partial charge on any atom is 0.250 e. The number of nitrogens with zero attached hydrogens (tertiary/aromatic N) is 1. The average Bonchev–Trinajstić information content (AvgIpc) is 2.43. The van der Waals surface area contributed by atoms with E-state index in [0.29, 0.717) is 13.2 Å². The molecule has 0 spiro atoms. The van der Waals surface area contributed by atoms with E-state index in [4.69, 9.17) is 4.74 Å². The van der Waals surface area contributed by atoms with Gasteiger partial charge in [-0.3, -0.25) is 4.79 Å². The standard InChI is InChI=1S/C15H18N2O2/c1-16-12-13-6-2-3-7-14(13)19-11-10-17-9-5-4-8-15(17)18/h2-9,16H,10-12H2,1H3. The summed E-state index contributed by atoms with van der Waals surface area (Å²) in [6.45, 7) is 1.79. The summed E-state index contributed by atoms with van der Waals surface area (Å²) < 4.78 is 7.39. The molecule has 0 aliphatic rings. The van der Waals surface area contributed by atoms with Crippen molar-refractivity contribution in [2.75, 3.05) is 13.7 Å². The van der Waals surface area contributed by atoms with Crippen LogP contribution < -0.4 is 15.6 Å². The predicted octanol–water partition coefficient (Wildman–Crippen LogP) is 1.65. The number of aromatic nitrogens is 1. The SMILES string of the molecule is CNCc1ccccc1OCCn1ccccc1=O. The van der Waals surface area contributed by atoms with Crippen molar-refractivity contribution in [3.63, 3.8) is 0 Å². The summed E-state index contributed by atoms with van der Waals surface area (Å²) in [7, 11) is 1.90. The summed E-state index contributed by atoms with van der Waals surface area (Å²) in [6, 6.07) is 13.0. The van der Waals surface area contributed by atoms with Crippen molar-refractivity contribution in [1.82, 2.24) is 9.88 Å². The first-order chi connectivity index (χ1) is 9.31. The molecule has 0 aliphatic heterocycles. The number of hydrogen-bond donors (Lipinski definition) is 1. The van der Waals surface area contributed by atoms with Crippen molar-refractivity contribution >= 4 is 0 Å². The van der Waals surface area contributed by atoms with Crippen LogP contribution in [0.15, 0.2) is 53.5 Å². The Kier molecular flexibility index (Phi) is 4.75. The molecule has 0 amide bonds. The number of hydrogen-bond acceptors (Lipinski definition) is 3. The Balaban J connectivity index is 1.96. The van der Waals surface area contributed by atoms with E-state index in [1.165, 1.54) is 0 Å². The highest BCUT2D eigenvalue weighted by atomic mass is 16.5. The lowest BCUT2D eigenvalue weighted by Gasteiger charge is -2.11. The third kappa shape index (κ3) is 3.69. The zero-order valence-electron chi connectivity index (χ0n) is 11.0. The van der Waals surface area contributed by atoms with E-state index in [1.807, 2.05) is 37.4 Å². The predicted molar refractivity (Wildman–Crippen MR) is 75.4 cm³/mol. The highest BCUT2D eigenvalue weighted by Crippen LogP contribution is 2.17. The van der Waals surface area contributed by atoms with Crippen LogP contribution in [-0.2, 0) is 13.1 Å². The monoisotopic (exact) mass is 258 g/mol. The Hall–Kier alpha value is -2.07. The number of nitrogens with one attached hydrogen (secondary N) is 1. The molecule has 2 rings (SSSR count). The van der Waals surface area contributed by atoms with Crippen LogP contribution in [-0.4, -0.2) is 18.2 Å². The van der Waals surface area contributed by atoms with Crippen molar-refractivity contribution in [2.24, 2.45) is 0 Å². The maximum atomic E-state index is 11.5. The normalized spacial score (nSPS) is 10.4. The van der Waals surface area contributed by atoms with Crippen LogP contribution in [0.1, 0.15) is 5.56 Å². The minimum Gasteiger partial charge on any atom is -0.491 e. The van der Waals surface area contributed by atoms with Gasteiger partial charge in [0.15, 0.2) is 0 Å². The molecule has 1 aromatic carbocycles. The molecule has 1 N–H and O–H groups in total. The molecule has 19 heavy (non-hydrogen) atoms. The maximum absolute atomic E-state index is 11.5. The zero-order valence-corrected chi connectivity index (χ0v) is 11.0. The van der Waals surface area contributed by atoms with Crippen molar-refractivity contribution in [3.8, 4) is 5.75 Å². The Labute approximate surface area is 112 Å². The van der Waals surface area contributed by atoms with Crippen LogP contribution in [0.3, 0.4) is 0 Å². The number of para-hydroxylation sites is 1. The lowest BCUT2D eigenvalue weighted by atomic mass is 10.2. The fourth-order valence-corrected chi connectivity index (χ4v) is 1.88.